The minimum atomic E-state index is 0.0963. The zero-order valence-electron chi connectivity index (χ0n) is 8.66. The van der Waals surface area contributed by atoms with Crippen molar-refractivity contribution in [2.24, 2.45) is 0 Å². The summed E-state index contributed by atoms with van der Waals surface area (Å²) in [5.74, 6) is 0.326. The Morgan fingerprint density at radius 2 is 2.33 bits per heavy atom. The van der Waals surface area contributed by atoms with Crippen molar-refractivity contribution < 1.29 is 9.59 Å². The van der Waals surface area contributed by atoms with Crippen LogP contribution >= 0.6 is 11.3 Å². The van der Waals surface area contributed by atoms with E-state index in [0.717, 1.165) is 22.7 Å². The van der Waals surface area contributed by atoms with Crippen LogP contribution in [0.2, 0.25) is 0 Å². The number of rotatable bonds is 3. The largest absolute Gasteiger partial charge is 0.338 e. The number of hydrogen-bond donors (Lipinski definition) is 0. The molecule has 1 aromatic rings. The summed E-state index contributed by atoms with van der Waals surface area (Å²) in [5, 5.41) is 0. The van der Waals surface area contributed by atoms with Gasteiger partial charge in [0.05, 0.1) is 11.4 Å². The number of nitrogens with zero attached hydrogens (tertiary/aromatic N) is 1. The summed E-state index contributed by atoms with van der Waals surface area (Å²) in [6, 6.07) is 3.77. The molecule has 0 spiro atoms. The first kappa shape index (κ1) is 10.4. The lowest BCUT2D eigenvalue weighted by Gasteiger charge is -2.13. The summed E-state index contributed by atoms with van der Waals surface area (Å²) >= 11 is 1.49. The standard InChI is InChI=1S/C11H13NO2S/c1-8(13)10-5-4-9(15-10)7-12-6-2-3-11(12)14/h4-5H,2-3,6-7H2,1H3. The second-order valence-electron chi connectivity index (χ2n) is 3.74. The van der Waals surface area contributed by atoms with Gasteiger partial charge >= 0.3 is 0 Å². The predicted octanol–water partition coefficient (Wildman–Crippen LogP) is 2.07. The van der Waals surface area contributed by atoms with E-state index in [-0.39, 0.29) is 11.7 Å². The monoisotopic (exact) mass is 223 g/mol. The Morgan fingerprint density at radius 1 is 1.53 bits per heavy atom. The fraction of sp³-hybridized carbons (Fsp3) is 0.455. The summed E-state index contributed by atoms with van der Waals surface area (Å²) < 4.78 is 0. The van der Waals surface area contributed by atoms with E-state index in [4.69, 9.17) is 0 Å². The van der Waals surface area contributed by atoms with Gasteiger partial charge in [0.15, 0.2) is 5.78 Å². The van der Waals surface area contributed by atoms with Crippen LogP contribution in [0.5, 0.6) is 0 Å². The molecule has 1 aliphatic heterocycles. The average Bonchev–Trinajstić information content (AvgIpc) is 2.77. The van der Waals surface area contributed by atoms with Gasteiger partial charge in [-0.3, -0.25) is 9.59 Å². The van der Waals surface area contributed by atoms with E-state index < -0.39 is 0 Å². The highest BCUT2D eigenvalue weighted by Gasteiger charge is 2.20. The third kappa shape index (κ3) is 2.26. The lowest BCUT2D eigenvalue weighted by Crippen LogP contribution is -2.23. The van der Waals surface area contributed by atoms with Crippen molar-refractivity contribution >= 4 is 23.0 Å². The predicted molar refractivity (Wildman–Crippen MR) is 59.0 cm³/mol. The second-order valence-corrected chi connectivity index (χ2v) is 4.91. The Labute approximate surface area is 92.7 Å². The Balaban J connectivity index is 2.04. The number of amides is 1. The van der Waals surface area contributed by atoms with Crippen molar-refractivity contribution in [3.05, 3.63) is 21.9 Å². The highest BCUT2D eigenvalue weighted by Crippen LogP contribution is 2.21. The number of thiophene rings is 1. The highest BCUT2D eigenvalue weighted by atomic mass is 32.1. The molecule has 80 valence electrons. The number of likely N-dealkylation sites (tertiary alicyclic amines) is 1. The van der Waals surface area contributed by atoms with Gasteiger partial charge in [-0.1, -0.05) is 0 Å². The van der Waals surface area contributed by atoms with E-state index >= 15 is 0 Å². The SMILES string of the molecule is CC(=O)c1ccc(CN2CCCC2=O)s1. The molecule has 0 unspecified atom stereocenters. The van der Waals surface area contributed by atoms with Gasteiger partial charge in [-0.05, 0) is 25.5 Å². The van der Waals surface area contributed by atoms with E-state index in [1.165, 1.54) is 11.3 Å². The van der Waals surface area contributed by atoms with Crippen molar-refractivity contribution in [1.29, 1.82) is 0 Å². The van der Waals surface area contributed by atoms with E-state index in [9.17, 15) is 9.59 Å². The van der Waals surface area contributed by atoms with Gasteiger partial charge in [0.1, 0.15) is 0 Å². The Kier molecular flexibility index (Phi) is 2.86. The summed E-state index contributed by atoms with van der Waals surface area (Å²) in [6.45, 7) is 3.08. The molecule has 0 bridgehead atoms. The fourth-order valence-electron chi connectivity index (χ4n) is 1.71. The van der Waals surface area contributed by atoms with Crippen molar-refractivity contribution in [2.45, 2.75) is 26.3 Å². The van der Waals surface area contributed by atoms with Crippen molar-refractivity contribution in [3.8, 4) is 0 Å². The van der Waals surface area contributed by atoms with E-state index in [1.54, 1.807) is 6.92 Å². The Bertz CT molecular complexity index is 397. The van der Waals surface area contributed by atoms with Crippen molar-refractivity contribution in [2.75, 3.05) is 6.54 Å². The van der Waals surface area contributed by atoms with Gasteiger partial charge in [0.25, 0.3) is 0 Å². The molecule has 0 saturated carbocycles. The van der Waals surface area contributed by atoms with Crippen LogP contribution in [0.3, 0.4) is 0 Å². The van der Waals surface area contributed by atoms with Gasteiger partial charge < -0.3 is 4.90 Å². The molecule has 15 heavy (non-hydrogen) atoms. The highest BCUT2D eigenvalue weighted by molar-refractivity contribution is 7.14. The Hall–Kier alpha value is -1.16. The third-order valence-electron chi connectivity index (χ3n) is 2.53. The number of Topliss-reactive ketones (excluding diaryl/α,β-unsaturated/α-hetero) is 1. The molecular formula is C11H13NO2S. The first-order chi connectivity index (χ1) is 7.16. The Morgan fingerprint density at radius 3 is 2.87 bits per heavy atom. The maximum atomic E-state index is 11.4. The van der Waals surface area contributed by atoms with Gasteiger partial charge in [-0.25, -0.2) is 0 Å². The minimum absolute atomic E-state index is 0.0963. The third-order valence-corrected chi connectivity index (χ3v) is 3.70. The molecular weight excluding hydrogens is 210 g/mol. The molecule has 1 saturated heterocycles. The van der Waals surface area contributed by atoms with Crippen LogP contribution in [-0.4, -0.2) is 23.1 Å². The molecule has 0 aromatic carbocycles. The van der Waals surface area contributed by atoms with E-state index in [2.05, 4.69) is 0 Å². The van der Waals surface area contributed by atoms with Crippen LogP contribution in [-0.2, 0) is 11.3 Å². The summed E-state index contributed by atoms with van der Waals surface area (Å²) in [5.41, 5.74) is 0. The maximum absolute atomic E-state index is 11.4. The molecule has 1 amide bonds. The molecule has 0 aliphatic carbocycles. The average molecular weight is 223 g/mol. The fourth-order valence-corrected chi connectivity index (χ4v) is 2.63. The topological polar surface area (TPSA) is 37.4 Å². The number of ketones is 1. The lowest BCUT2D eigenvalue weighted by atomic mass is 10.3. The molecule has 1 aromatic heterocycles. The lowest BCUT2D eigenvalue weighted by molar-refractivity contribution is -0.128. The van der Waals surface area contributed by atoms with Crippen molar-refractivity contribution in [1.82, 2.24) is 4.90 Å². The van der Waals surface area contributed by atoms with Gasteiger partial charge in [-0.15, -0.1) is 11.3 Å². The molecule has 2 rings (SSSR count). The molecule has 1 fully saturated rings. The molecule has 0 radical (unpaired) electrons. The van der Waals surface area contributed by atoms with Crippen LogP contribution in [0.15, 0.2) is 12.1 Å². The molecule has 0 N–H and O–H groups in total. The molecule has 0 atom stereocenters. The minimum Gasteiger partial charge on any atom is -0.338 e. The van der Waals surface area contributed by atoms with Crippen LogP contribution in [0.1, 0.15) is 34.3 Å². The van der Waals surface area contributed by atoms with Gasteiger partial charge in [0.2, 0.25) is 5.91 Å². The quantitative estimate of drug-likeness (QED) is 0.736. The maximum Gasteiger partial charge on any atom is 0.222 e. The number of carbonyl (C=O) groups is 2. The van der Waals surface area contributed by atoms with Gasteiger partial charge in [-0.2, -0.15) is 0 Å². The number of hydrogen-bond acceptors (Lipinski definition) is 3. The molecule has 1 aliphatic rings. The normalized spacial score (nSPS) is 16.1. The molecule has 3 nitrogen and oxygen atoms in total. The second kappa shape index (κ2) is 4.14. The zero-order valence-corrected chi connectivity index (χ0v) is 9.47. The van der Waals surface area contributed by atoms with Crippen molar-refractivity contribution in [3.63, 3.8) is 0 Å². The van der Waals surface area contributed by atoms with Crippen LogP contribution in [0.4, 0.5) is 0 Å². The molecule has 2 heterocycles. The van der Waals surface area contributed by atoms with Crippen LogP contribution in [0, 0.1) is 0 Å². The molecule has 4 heteroatoms. The van der Waals surface area contributed by atoms with Crippen LogP contribution in [0.25, 0.3) is 0 Å². The van der Waals surface area contributed by atoms with Gasteiger partial charge in [0, 0.05) is 17.8 Å². The summed E-state index contributed by atoms with van der Waals surface area (Å²) in [4.78, 5) is 26.2. The summed E-state index contributed by atoms with van der Waals surface area (Å²) in [7, 11) is 0. The van der Waals surface area contributed by atoms with Crippen LogP contribution < -0.4 is 0 Å². The van der Waals surface area contributed by atoms with E-state index in [1.807, 2.05) is 17.0 Å². The first-order valence-corrected chi connectivity index (χ1v) is 5.86. The smallest absolute Gasteiger partial charge is 0.222 e. The first-order valence-electron chi connectivity index (χ1n) is 5.04. The number of carbonyl (C=O) groups excluding carboxylic acids is 2. The summed E-state index contributed by atoms with van der Waals surface area (Å²) in [6.07, 6.45) is 1.63. The van der Waals surface area contributed by atoms with E-state index in [0.29, 0.717) is 13.0 Å². The zero-order chi connectivity index (χ0) is 10.8.